The van der Waals surface area contributed by atoms with Crippen LogP contribution in [0.2, 0.25) is 0 Å². The molecule has 2 atom stereocenters. The van der Waals surface area contributed by atoms with Crippen LogP contribution in [0.4, 0.5) is 0 Å². The molecule has 1 aliphatic carbocycles. The van der Waals surface area contributed by atoms with Gasteiger partial charge in [0.05, 0.1) is 0 Å². The second-order valence-corrected chi connectivity index (χ2v) is 4.71. The summed E-state index contributed by atoms with van der Waals surface area (Å²) in [6.45, 7) is 3.97. The van der Waals surface area contributed by atoms with Gasteiger partial charge in [0, 0.05) is 17.8 Å². The molecule has 1 amide bonds. The van der Waals surface area contributed by atoms with Gasteiger partial charge in [-0.15, -0.1) is 11.6 Å². The molecule has 1 rings (SSSR count). The van der Waals surface area contributed by atoms with Crippen LogP contribution < -0.4 is 5.32 Å². The van der Waals surface area contributed by atoms with E-state index < -0.39 is 0 Å². The Morgan fingerprint density at radius 1 is 1.43 bits per heavy atom. The first kappa shape index (κ1) is 11.8. The lowest BCUT2D eigenvalue weighted by molar-refractivity contribution is -0.124. The first-order valence-corrected chi connectivity index (χ1v) is 6.05. The van der Waals surface area contributed by atoms with Crippen LogP contribution >= 0.6 is 11.6 Å². The van der Waals surface area contributed by atoms with Crippen LogP contribution in [0.3, 0.4) is 0 Å². The largest absolute Gasteiger partial charge is 0.353 e. The molecule has 1 fully saturated rings. The Bertz CT molecular complexity index is 190. The molecule has 1 unspecified atom stereocenters. The molecule has 2 nitrogen and oxygen atoms in total. The van der Waals surface area contributed by atoms with E-state index in [1.165, 1.54) is 25.7 Å². The standard InChI is InChI=1S/C11H20ClNO/c1-8(7-12)11(14)13-9(2)10-5-3-4-6-10/h8-10H,3-7H2,1-2H3,(H,13,14)/t8?,9-/m1/s1. The zero-order chi connectivity index (χ0) is 10.6. The van der Waals surface area contributed by atoms with E-state index in [0.29, 0.717) is 17.8 Å². The zero-order valence-electron chi connectivity index (χ0n) is 9.05. The summed E-state index contributed by atoms with van der Waals surface area (Å²) in [6, 6.07) is 0.315. The normalized spacial score (nSPS) is 21.9. The van der Waals surface area contributed by atoms with Gasteiger partial charge in [-0.25, -0.2) is 0 Å². The van der Waals surface area contributed by atoms with E-state index >= 15 is 0 Å². The Morgan fingerprint density at radius 3 is 2.50 bits per heavy atom. The van der Waals surface area contributed by atoms with Crippen molar-refractivity contribution in [2.24, 2.45) is 11.8 Å². The molecule has 0 radical (unpaired) electrons. The third-order valence-electron chi connectivity index (χ3n) is 3.16. The van der Waals surface area contributed by atoms with Crippen LogP contribution in [-0.4, -0.2) is 17.8 Å². The number of carbonyl (C=O) groups is 1. The molecule has 1 aliphatic rings. The van der Waals surface area contributed by atoms with E-state index in [-0.39, 0.29) is 11.8 Å². The second kappa shape index (κ2) is 5.59. The highest BCUT2D eigenvalue weighted by Gasteiger charge is 2.23. The van der Waals surface area contributed by atoms with Crippen molar-refractivity contribution in [2.45, 2.75) is 45.6 Å². The van der Waals surface area contributed by atoms with Gasteiger partial charge in [0.2, 0.25) is 5.91 Å². The fourth-order valence-electron chi connectivity index (χ4n) is 2.01. The Labute approximate surface area is 91.4 Å². The quantitative estimate of drug-likeness (QED) is 0.721. The third kappa shape index (κ3) is 3.16. The minimum Gasteiger partial charge on any atom is -0.353 e. The predicted molar refractivity (Wildman–Crippen MR) is 59.4 cm³/mol. The molecule has 0 bridgehead atoms. The van der Waals surface area contributed by atoms with Gasteiger partial charge in [0.1, 0.15) is 0 Å². The van der Waals surface area contributed by atoms with E-state index in [1.807, 2.05) is 6.92 Å². The maximum atomic E-state index is 11.5. The van der Waals surface area contributed by atoms with Gasteiger partial charge in [-0.05, 0) is 25.7 Å². The molecule has 0 heterocycles. The second-order valence-electron chi connectivity index (χ2n) is 4.40. The molecule has 0 spiro atoms. The van der Waals surface area contributed by atoms with E-state index in [9.17, 15) is 4.79 Å². The van der Waals surface area contributed by atoms with Crippen molar-refractivity contribution in [3.63, 3.8) is 0 Å². The van der Waals surface area contributed by atoms with Crippen molar-refractivity contribution in [3.8, 4) is 0 Å². The average molecular weight is 218 g/mol. The molecule has 1 saturated carbocycles. The number of alkyl halides is 1. The number of halogens is 1. The van der Waals surface area contributed by atoms with Gasteiger partial charge in [0.25, 0.3) is 0 Å². The summed E-state index contributed by atoms with van der Waals surface area (Å²) in [6.07, 6.45) is 5.15. The first-order chi connectivity index (χ1) is 6.65. The van der Waals surface area contributed by atoms with Crippen molar-refractivity contribution in [3.05, 3.63) is 0 Å². The van der Waals surface area contributed by atoms with E-state index in [0.717, 1.165) is 0 Å². The fourth-order valence-corrected chi connectivity index (χ4v) is 2.15. The van der Waals surface area contributed by atoms with Gasteiger partial charge in [-0.1, -0.05) is 19.8 Å². The van der Waals surface area contributed by atoms with Crippen LogP contribution in [0.15, 0.2) is 0 Å². The Balaban J connectivity index is 2.31. The smallest absolute Gasteiger partial charge is 0.224 e. The third-order valence-corrected chi connectivity index (χ3v) is 3.62. The molecule has 3 heteroatoms. The summed E-state index contributed by atoms with van der Waals surface area (Å²) >= 11 is 5.63. The maximum absolute atomic E-state index is 11.5. The highest BCUT2D eigenvalue weighted by atomic mass is 35.5. The number of carbonyl (C=O) groups excluding carboxylic acids is 1. The van der Waals surface area contributed by atoms with Crippen LogP contribution in [-0.2, 0) is 4.79 Å². The van der Waals surface area contributed by atoms with Crippen molar-refractivity contribution >= 4 is 17.5 Å². The summed E-state index contributed by atoms with van der Waals surface area (Å²) in [5.74, 6) is 1.12. The summed E-state index contributed by atoms with van der Waals surface area (Å²) < 4.78 is 0. The summed E-state index contributed by atoms with van der Waals surface area (Å²) in [5, 5.41) is 3.05. The first-order valence-electron chi connectivity index (χ1n) is 5.51. The molecular formula is C11H20ClNO. The molecule has 0 aromatic carbocycles. The van der Waals surface area contributed by atoms with Crippen molar-refractivity contribution in [1.82, 2.24) is 5.32 Å². The topological polar surface area (TPSA) is 29.1 Å². The molecule has 14 heavy (non-hydrogen) atoms. The molecule has 0 saturated heterocycles. The molecule has 1 N–H and O–H groups in total. The fraction of sp³-hybridized carbons (Fsp3) is 0.909. The van der Waals surface area contributed by atoms with Crippen molar-refractivity contribution < 1.29 is 4.79 Å². The number of hydrogen-bond acceptors (Lipinski definition) is 1. The molecule has 0 aromatic rings. The summed E-state index contributed by atoms with van der Waals surface area (Å²) in [5.41, 5.74) is 0. The maximum Gasteiger partial charge on any atom is 0.224 e. The Kier molecular flexibility index (Phi) is 4.73. The van der Waals surface area contributed by atoms with Gasteiger partial charge < -0.3 is 5.32 Å². The monoisotopic (exact) mass is 217 g/mol. The molecule has 82 valence electrons. The number of hydrogen-bond donors (Lipinski definition) is 1. The number of nitrogens with one attached hydrogen (secondary N) is 1. The predicted octanol–water partition coefficient (Wildman–Crippen LogP) is 2.56. The summed E-state index contributed by atoms with van der Waals surface area (Å²) in [7, 11) is 0. The molecule has 0 aliphatic heterocycles. The van der Waals surface area contributed by atoms with Crippen LogP contribution in [0.25, 0.3) is 0 Å². The lowest BCUT2D eigenvalue weighted by Gasteiger charge is -2.21. The zero-order valence-corrected chi connectivity index (χ0v) is 9.81. The Morgan fingerprint density at radius 2 is 2.00 bits per heavy atom. The number of rotatable bonds is 4. The van der Waals surface area contributed by atoms with Crippen LogP contribution in [0, 0.1) is 11.8 Å². The van der Waals surface area contributed by atoms with Crippen LogP contribution in [0.5, 0.6) is 0 Å². The minimum absolute atomic E-state index is 0.0690. The lowest BCUT2D eigenvalue weighted by atomic mass is 9.99. The van der Waals surface area contributed by atoms with Gasteiger partial charge in [-0.2, -0.15) is 0 Å². The SMILES string of the molecule is CC(CCl)C(=O)N[C@H](C)C1CCCC1. The highest BCUT2D eigenvalue weighted by molar-refractivity contribution is 6.19. The summed E-state index contributed by atoms with van der Waals surface area (Å²) in [4.78, 5) is 11.5. The lowest BCUT2D eigenvalue weighted by Crippen LogP contribution is -2.40. The van der Waals surface area contributed by atoms with Crippen molar-refractivity contribution in [2.75, 3.05) is 5.88 Å². The van der Waals surface area contributed by atoms with Crippen LogP contribution in [0.1, 0.15) is 39.5 Å². The number of amides is 1. The van der Waals surface area contributed by atoms with Gasteiger partial charge in [0.15, 0.2) is 0 Å². The van der Waals surface area contributed by atoms with Gasteiger partial charge >= 0.3 is 0 Å². The van der Waals surface area contributed by atoms with Crippen molar-refractivity contribution in [1.29, 1.82) is 0 Å². The molecular weight excluding hydrogens is 198 g/mol. The highest BCUT2D eigenvalue weighted by Crippen LogP contribution is 2.27. The Hall–Kier alpha value is -0.240. The van der Waals surface area contributed by atoms with E-state index in [4.69, 9.17) is 11.6 Å². The average Bonchev–Trinajstić information content (AvgIpc) is 2.69. The van der Waals surface area contributed by atoms with E-state index in [2.05, 4.69) is 12.2 Å². The van der Waals surface area contributed by atoms with Gasteiger partial charge in [-0.3, -0.25) is 4.79 Å². The van der Waals surface area contributed by atoms with E-state index in [1.54, 1.807) is 0 Å². The minimum atomic E-state index is -0.0690. The molecule has 0 aromatic heterocycles.